The minimum Gasteiger partial charge on any atom is -0.365 e. The standard InChI is InChI=1S/C10H13FN2/c1-2-7-6-9(7)13-10-8(11)4-3-5-12-10/h3-5,7,9H,2,6H2,1H3,(H,12,13). The predicted octanol–water partition coefficient (Wildman–Crippen LogP) is 2.43. The third-order valence-electron chi connectivity index (χ3n) is 2.53. The fraction of sp³-hybridized carbons (Fsp3) is 0.500. The molecule has 2 atom stereocenters. The molecule has 1 aliphatic rings. The molecule has 0 radical (unpaired) electrons. The van der Waals surface area contributed by atoms with Crippen molar-refractivity contribution >= 4 is 5.82 Å². The van der Waals surface area contributed by atoms with Gasteiger partial charge in [0.05, 0.1) is 0 Å². The number of pyridine rings is 1. The molecule has 1 aromatic rings. The highest BCUT2D eigenvalue weighted by Gasteiger charge is 2.35. The molecule has 2 nitrogen and oxygen atoms in total. The molecule has 13 heavy (non-hydrogen) atoms. The summed E-state index contributed by atoms with van der Waals surface area (Å²) in [5, 5.41) is 3.10. The number of hydrogen-bond acceptors (Lipinski definition) is 2. The fourth-order valence-corrected chi connectivity index (χ4v) is 1.54. The van der Waals surface area contributed by atoms with Crippen LogP contribution in [0.3, 0.4) is 0 Å². The molecule has 1 fully saturated rings. The molecular formula is C10H13FN2. The second kappa shape index (κ2) is 3.32. The number of aromatic nitrogens is 1. The largest absolute Gasteiger partial charge is 0.365 e. The van der Waals surface area contributed by atoms with E-state index in [0.717, 1.165) is 12.8 Å². The zero-order chi connectivity index (χ0) is 9.26. The van der Waals surface area contributed by atoms with E-state index in [1.54, 1.807) is 12.3 Å². The minimum atomic E-state index is -0.260. The molecule has 0 aromatic carbocycles. The number of halogens is 1. The number of anilines is 1. The Morgan fingerprint density at radius 1 is 1.69 bits per heavy atom. The van der Waals surface area contributed by atoms with Gasteiger partial charge in [-0.1, -0.05) is 13.3 Å². The van der Waals surface area contributed by atoms with Gasteiger partial charge in [-0.25, -0.2) is 9.37 Å². The van der Waals surface area contributed by atoms with E-state index >= 15 is 0 Å². The van der Waals surface area contributed by atoms with Gasteiger partial charge < -0.3 is 5.32 Å². The van der Waals surface area contributed by atoms with Crippen LogP contribution in [0, 0.1) is 11.7 Å². The number of rotatable bonds is 3. The molecular weight excluding hydrogens is 167 g/mol. The van der Waals surface area contributed by atoms with Gasteiger partial charge in [0.15, 0.2) is 11.6 Å². The number of nitrogens with zero attached hydrogens (tertiary/aromatic N) is 1. The van der Waals surface area contributed by atoms with Crippen LogP contribution in [0.4, 0.5) is 10.2 Å². The minimum absolute atomic E-state index is 0.260. The summed E-state index contributed by atoms with van der Waals surface area (Å²) < 4.78 is 13.1. The van der Waals surface area contributed by atoms with E-state index in [0.29, 0.717) is 17.8 Å². The maximum atomic E-state index is 13.1. The summed E-state index contributed by atoms with van der Waals surface area (Å²) in [6, 6.07) is 3.47. The summed E-state index contributed by atoms with van der Waals surface area (Å²) in [6.45, 7) is 2.15. The van der Waals surface area contributed by atoms with Gasteiger partial charge in [-0.15, -0.1) is 0 Å². The Morgan fingerprint density at radius 3 is 3.15 bits per heavy atom. The first-order valence-corrected chi connectivity index (χ1v) is 4.68. The molecule has 0 amide bonds. The van der Waals surface area contributed by atoms with Crippen molar-refractivity contribution in [1.29, 1.82) is 0 Å². The average molecular weight is 180 g/mol. The highest BCUT2D eigenvalue weighted by atomic mass is 19.1. The molecule has 0 bridgehead atoms. The van der Waals surface area contributed by atoms with Crippen molar-refractivity contribution in [2.24, 2.45) is 5.92 Å². The second-order valence-corrected chi connectivity index (χ2v) is 3.49. The Kier molecular flexibility index (Phi) is 2.17. The fourth-order valence-electron chi connectivity index (χ4n) is 1.54. The van der Waals surface area contributed by atoms with Crippen molar-refractivity contribution < 1.29 is 4.39 Å². The summed E-state index contributed by atoms with van der Waals surface area (Å²) >= 11 is 0. The van der Waals surface area contributed by atoms with Gasteiger partial charge in [-0.05, 0) is 24.5 Å². The van der Waals surface area contributed by atoms with Gasteiger partial charge in [-0.2, -0.15) is 0 Å². The van der Waals surface area contributed by atoms with E-state index in [9.17, 15) is 4.39 Å². The molecule has 2 unspecified atom stereocenters. The third kappa shape index (κ3) is 1.79. The number of nitrogens with one attached hydrogen (secondary N) is 1. The van der Waals surface area contributed by atoms with E-state index in [2.05, 4.69) is 17.2 Å². The quantitative estimate of drug-likeness (QED) is 0.772. The predicted molar refractivity (Wildman–Crippen MR) is 50.0 cm³/mol. The summed E-state index contributed by atoms with van der Waals surface area (Å²) in [7, 11) is 0. The van der Waals surface area contributed by atoms with Crippen molar-refractivity contribution in [2.75, 3.05) is 5.32 Å². The molecule has 3 heteroatoms. The zero-order valence-electron chi connectivity index (χ0n) is 7.63. The first kappa shape index (κ1) is 8.48. The van der Waals surface area contributed by atoms with E-state index < -0.39 is 0 Å². The summed E-state index contributed by atoms with van der Waals surface area (Å²) in [5.41, 5.74) is 0. The lowest BCUT2D eigenvalue weighted by Gasteiger charge is -2.04. The molecule has 1 heterocycles. The van der Waals surface area contributed by atoms with E-state index in [1.165, 1.54) is 6.07 Å². The topological polar surface area (TPSA) is 24.9 Å². The van der Waals surface area contributed by atoms with Crippen molar-refractivity contribution in [2.45, 2.75) is 25.8 Å². The molecule has 2 rings (SSSR count). The Balaban J connectivity index is 1.99. The lowest BCUT2D eigenvalue weighted by atomic mass is 10.3. The van der Waals surface area contributed by atoms with Crippen molar-refractivity contribution in [3.63, 3.8) is 0 Å². The maximum Gasteiger partial charge on any atom is 0.165 e. The molecule has 1 aromatic heterocycles. The van der Waals surface area contributed by atoms with Gasteiger partial charge >= 0.3 is 0 Å². The van der Waals surface area contributed by atoms with Gasteiger partial charge in [-0.3, -0.25) is 0 Å². The van der Waals surface area contributed by atoms with Crippen LogP contribution in [0.2, 0.25) is 0 Å². The van der Waals surface area contributed by atoms with Crippen LogP contribution in [0.1, 0.15) is 19.8 Å². The highest BCUT2D eigenvalue weighted by molar-refractivity contribution is 5.38. The van der Waals surface area contributed by atoms with Crippen LogP contribution >= 0.6 is 0 Å². The molecule has 0 spiro atoms. The molecule has 1 aliphatic carbocycles. The summed E-state index contributed by atoms with van der Waals surface area (Å²) in [6.07, 6.45) is 3.91. The molecule has 1 N–H and O–H groups in total. The van der Waals surface area contributed by atoms with Crippen LogP contribution in [-0.2, 0) is 0 Å². The first-order valence-electron chi connectivity index (χ1n) is 4.68. The van der Waals surface area contributed by atoms with Crippen LogP contribution in [-0.4, -0.2) is 11.0 Å². The second-order valence-electron chi connectivity index (χ2n) is 3.49. The maximum absolute atomic E-state index is 13.1. The monoisotopic (exact) mass is 180 g/mol. The third-order valence-corrected chi connectivity index (χ3v) is 2.53. The Bertz CT molecular complexity index is 301. The zero-order valence-corrected chi connectivity index (χ0v) is 7.63. The summed E-state index contributed by atoms with van der Waals surface area (Å²) in [4.78, 5) is 3.94. The molecule has 70 valence electrons. The Labute approximate surface area is 77.2 Å². The van der Waals surface area contributed by atoms with Crippen molar-refractivity contribution in [1.82, 2.24) is 4.98 Å². The van der Waals surface area contributed by atoms with Gasteiger partial charge in [0.25, 0.3) is 0 Å². The van der Waals surface area contributed by atoms with Crippen LogP contribution < -0.4 is 5.32 Å². The lowest BCUT2D eigenvalue weighted by Crippen LogP contribution is -2.07. The van der Waals surface area contributed by atoms with Gasteiger partial charge in [0, 0.05) is 12.2 Å². The smallest absolute Gasteiger partial charge is 0.165 e. The van der Waals surface area contributed by atoms with E-state index in [1.807, 2.05) is 0 Å². The van der Waals surface area contributed by atoms with E-state index in [-0.39, 0.29) is 5.82 Å². The Morgan fingerprint density at radius 2 is 2.54 bits per heavy atom. The van der Waals surface area contributed by atoms with E-state index in [4.69, 9.17) is 0 Å². The van der Waals surface area contributed by atoms with Crippen molar-refractivity contribution in [3.8, 4) is 0 Å². The highest BCUT2D eigenvalue weighted by Crippen LogP contribution is 2.35. The first-order chi connectivity index (χ1) is 6.31. The van der Waals surface area contributed by atoms with Crippen molar-refractivity contribution in [3.05, 3.63) is 24.1 Å². The van der Waals surface area contributed by atoms with Gasteiger partial charge in [0.2, 0.25) is 0 Å². The molecule has 1 saturated carbocycles. The molecule has 0 aliphatic heterocycles. The van der Waals surface area contributed by atoms with Crippen LogP contribution in [0.15, 0.2) is 18.3 Å². The summed E-state index contributed by atoms with van der Waals surface area (Å²) in [5.74, 6) is 0.842. The lowest BCUT2D eigenvalue weighted by molar-refractivity contribution is 0.623. The van der Waals surface area contributed by atoms with Gasteiger partial charge in [0.1, 0.15) is 0 Å². The van der Waals surface area contributed by atoms with Crippen LogP contribution in [0.25, 0.3) is 0 Å². The SMILES string of the molecule is CCC1CC1Nc1ncccc1F. The van der Waals surface area contributed by atoms with Crippen LogP contribution in [0.5, 0.6) is 0 Å². The number of hydrogen-bond donors (Lipinski definition) is 1. The molecule has 0 saturated heterocycles. The normalized spacial score (nSPS) is 25.7. The Hall–Kier alpha value is -1.12. The average Bonchev–Trinajstić information content (AvgIpc) is 2.88.